The maximum absolute atomic E-state index is 12.1. The minimum Gasteiger partial charge on any atom is -0.495 e. The second kappa shape index (κ2) is 6.85. The Bertz CT molecular complexity index is 538. The lowest BCUT2D eigenvalue weighted by Gasteiger charge is -2.36. The molecule has 1 aromatic heterocycles. The highest BCUT2D eigenvalue weighted by Crippen LogP contribution is 2.32. The van der Waals surface area contributed by atoms with Gasteiger partial charge in [-0.15, -0.1) is 0 Å². The monoisotopic (exact) mass is 307 g/mol. The van der Waals surface area contributed by atoms with Crippen molar-refractivity contribution in [2.75, 3.05) is 45.3 Å². The van der Waals surface area contributed by atoms with E-state index in [9.17, 15) is 4.79 Å². The maximum Gasteiger partial charge on any atom is 0.225 e. The van der Waals surface area contributed by atoms with Gasteiger partial charge in [0.2, 0.25) is 5.91 Å². The van der Waals surface area contributed by atoms with Gasteiger partial charge in [-0.05, 0) is 6.92 Å². The standard InChI is InChI=1S/C16H25N3O3/c1-11(2)16(20)19-8-6-18(7-9-19)15-14(22-5)10-13(21-4)12(3)17-15/h10-11H,6-9H2,1-5H3. The predicted molar refractivity (Wildman–Crippen MR) is 85.7 cm³/mol. The van der Waals surface area contributed by atoms with E-state index in [1.807, 2.05) is 31.7 Å². The Morgan fingerprint density at radius 1 is 1.14 bits per heavy atom. The zero-order valence-electron chi connectivity index (χ0n) is 14.0. The number of anilines is 1. The summed E-state index contributed by atoms with van der Waals surface area (Å²) in [6, 6.07) is 1.86. The van der Waals surface area contributed by atoms with Gasteiger partial charge in [0, 0.05) is 38.2 Å². The molecule has 0 N–H and O–H groups in total. The molecule has 0 saturated carbocycles. The Morgan fingerprint density at radius 3 is 2.23 bits per heavy atom. The highest BCUT2D eigenvalue weighted by molar-refractivity contribution is 5.78. The number of carbonyl (C=O) groups excluding carboxylic acids is 1. The van der Waals surface area contributed by atoms with Crippen LogP contribution in [0.3, 0.4) is 0 Å². The molecule has 122 valence electrons. The minimum atomic E-state index is 0.0439. The van der Waals surface area contributed by atoms with Crippen molar-refractivity contribution in [1.82, 2.24) is 9.88 Å². The Hall–Kier alpha value is -1.98. The van der Waals surface area contributed by atoms with Gasteiger partial charge >= 0.3 is 0 Å². The lowest BCUT2D eigenvalue weighted by atomic mass is 10.1. The number of aryl methyl sites for hydroxylation is 1. The molecule has 2 rings (SSSR count). The highest BCUT2D eigenvalue weighted by Gasteiger charge is 2.25. The first kappa shape index (κ1) is 16.4. The van der Waals surface area contributed by atoms with Crippen LogP contribution in [0.25, 0.3) is 0 Å². The third kappa shape index (κ3) is 3.26. The zero-order chi connectivity index (χ0) is 16.3. The molecule has 1 fully saturated rings. The van der Waals surface area contributed by atoms with E-state index in [4.69, 9.17) is 9.47 Å². The van der Waals surface area contributed by atoms with Gasteiger partial charge in [-0.25, -0.2) is 4.98 Å². The van der Waals surface area contributed by atoms with Gasteiger partial charge < -0.3 is 19.3 Å². The summed E-state index contributed by atoms with van der Waals surface area (Å²) in [4.78, 5) is 20.8. The van der Waals surface area contributed by atoms with Gasteiger partial charge in [0.1, 0.15) is 5.75 Å². The summed E-state index contributed by atoms with van der Waals surface area (Å²) in [5.74, 6) is 2.49. The quantitative estimate of drug-likeness (QED) is 0.847. The van der Waals surface area contributed by atoms with E-state index in [1.54, 1.807) is 14.2 Å². The largest absolute Gasteiger partial charge is 0.495 e. The van der Waals surface area contributed by atoms with Crippen molar-refractivity contribution >= 4 is 11.7 Å². The van der Waals surface area contributed by atoms with E-state index >= 15 is 0 Å². The van der Waals surface area contributed by atoms with Gasteiger partial charge in [0.05, 0.1) is 19.9 Å². The fourth-order valence-corrected chi connectivity index (χ4v) is 2.64. The summed E-state index contributed by atoms with van der Waals surface area (Å²) in [5.41, 5.74) is 0.832. The lowest BCUT2D eigenvalue weighted by Crippen LogP contribution is -2.50. The van der Waals surface area contributed by atoms with Crippen LogP contribution in [0.1, 0.15) is 19.5 Å². The van der Waals surface area contributed by atoms with E-state index in [2.05, 4.69) is 9.88 Å². The normalized spacial score (nSPS) is 15.2. The molecule has 1 amide bonds. The van der Waals surface area contributed by atoms with Crippen LogP contribution in [0.5, 0.6) is 11.5 Å². The smallest absolute Gasteiger partial charge is 0.225 e. The van der Waals surface area contributed by atoms with E-state index in [0.29, 0.717) is 24.6 Å². The van der Waals surface area contributed by atoms with Crippen LogP contribution in [0.4, 0.5) is 5.82 Å². The molecular weight excluding hydrogens is 282 g/mol. The molecule has 0 bridgehead atoms. The van der Waals surface area contributed by atoms with Crippen molar-refractivity contribution in [3.05, 3.63) is 11.8 Å². The first-order valence-electron chi connectivity index (χ1n) is 7.61. The van der Waals surface area contributed by atoms with Crippen molar-refractivity contribution in [3.63, 3.8) is 0 Å². The molecule has 0 radical (unpaired) electrons. The number of rotatable bonds is 4. The second-order valence-electron chi connectivity index (χ2n) is 5.77. The number of ether oxygens (including phenoxy) is 2. The van der Waals surface area contributed by atoms with Crippen molar-refractivity contribution in [3.8, 4) is 11.5 Å². The fraction of sp³-hybridized carbons (Fsp3) is 0.625. The highest BCUT2D eigenvalue weighted by atomic mass is 16.5. The van der Waals surface area contributed by atoms with Crippen molar-refractivity contribution in [2.24, 2.45) is 5.92 Å². The van der Waals surface area contributed by atoms with Gasteiger partial charge in [0.25, 0.3) is 0 Å². The summed E-state index contributed by atoms with van der Waals surface area (Å²) in [5, 5.41) is 0. The van der Waals surface area contributed by atoms with Crippen LogP contribution < -0.4 is 14.4 Å². The number of nitrogens with zero attached hydrogens (tertiary/aromatic N) is 3. The summed E-state index contributed by atoms with van der Waals surface area (Å²) in [7, 11) is 3.26. The molecular formula is C16H25N3O3. The number of piperazine rings is 1. The van der Waals surface area contributed by atoms with E-state index in [0.717, 1.165) is 24.6 Å². The first-order chi connectivity index (χ1) is 10.5. The predicted octanol–water partition coefficient (Wildman–Crippen LogP) is 1.71. The molecule has 2 heterocycles. The maximum atomic E-state index is 12.1. The zero-order valence-corrected chi connectivity index (χ0v) is 14.0. The van der Waals surface area contributed by atoms with Crippen molar-refractivity contribution < 1.29 is 14.3 Å². The van der Waals surface area contributed by atoms with Gasteiger partial charge in [0.15, 0.2) is 11.6 Å². The van der Waals surface area contributed by atoms with E-state index in [-0.39, 0.29) is 11.8 Å². The van der Waals surface area contributed by atoms with Gasteiger partial charge in [-0.3, -0.25) is 4.79 Å². The molecule has 0 aliphatic carbocycles. The molecule has 22 heavy (non-hydrogen) atoms. The Kier molecular flexibility index (Phi) is 5.11. The Labute approximate surface area is 132 Å². The molecule has 0 spiro atoms. The number of aromatic nitrogens is 1. The number of amides is 1. The minimum absolute atomic E-state index is 0.0439. The molecule has 1 aliphatic rings. The Morgan fingerprint density at radius 2 is 1.73 bits per heavy atom. The summed E-state index contributed by atoms with van der Waals surface area (Å²) < 4.78 is 10.7. The second-order valence-corrected chi connectivity index (χ2v) is 5.77. The number of hydrogen-bond acceptors (Lipinski definition) is 5. The fourth-order valence-electron chi connectivity index (χ4n) is 2.64. The van der Waals surface area contributed by atoms with Crippen molar-refractivity contribution in [1.29, 1.82) is 0 Å². The molecule has 1 aromatic rings. The van der Waals surface area contributed by atoms with Crippen LogP contribution in [0.2, 0.25) is 0 Å². The summed E-state index contributed by atoms with van der Waals surface area (Å²) >= 11 is 0. The SMILES string of the molecule is COc1cc(OC)c(N2CCN(C(=O)C(C)C)CC2)nc1C. The average Bonchev–Trinajstić information content (AvgIpc) is 2.54. The molecule has 6 nitrogen and oxygen atoms in total. The van der Waals surface area contributed by atoms with Crippen LogP contribution >= 0.6 is 0 Å². The number of methoxy groups -OCH3 is 2. The third-order valence-electron chi connectivity index (χ3n) is 3.94. The average molecular weight is 307 g/mol. The molecule has 0 unspecified atom stereocenters. The van der Waals surface area contributed by atoms with Crippen LogP contribution in [-0.2, 0) is 4.79 Å². The van der Waals surface area contributed by atoms with Crippen LogP contribution in [-0.4, -0.2) is 56.2 Å². The molecule has 1 aliphatic heterocycles. The first-order valence-corrected chi connectivity index (χ1v) is 7.61. The van der Waals surface area contributed by atoms with E-state index in [1.165, 1.54) is 0 Å². The number of hydrogen-bond donors (Lipinski definition) is 0. The summed E-state index contributed by atoms with van der Waals surface area (Å²) in [6.07, 6.45) is 0. The van der Waals surface area contributed by atoms with E-state index < -0.39 is 0 Å². The lowest BCUT2D eigenvalue weighted by molar-refractivity contribution is -0.134. The molecule has 6 heteroatoms. The van der Waals surface area contributed by atoms with Crippen LogP contribution in [0, 0.1) is 12.8 Å². The summed E-state index contributed by atoms with van der Waals surface area (Å²) in [6.45, 7) is 8.74. The topological polar surface area (TPSA) is 54.9 Å². The van der Waals surface area contributed by atoms with Gasteiger partial charge in [-0.2, -0.15) is 0 Å². The molecule has 0 aromatic carbocycles. The third-order valence-corrected chi connectivity index (χ3v) is 3.94. The van der Waals surface area contributed by atoms with Gasteiger partial charge in [-0.1, -0.05) is 13.8 Å². The number of carbonyl (C=O) groups is 1. The molecule has 1 saturated heterocycles. The number of pyridine rings is 1. The molecule has 0 atom stereocenters. The van der Waals surface area contributed by atoms with Crippen LogP contribution in [0.15, 0.2) is 6.07 Å². The van der Waals surface area contributed by atoms with Crippen molar-refractivity contribution in [2.45, 2.75) is 20.8 Å². The Balaban J connectivity index is 2.14.